The van der Waals surface area contributed by atoms with Crippen LogP contribution in [0.2, 0.25) is 5.02 Å². The largest absolute Gasteiger partial charge is 0.461 e. The van der Waals surface area contributed by atoms with E-state index in [-0.39, 0.29) is 35.1 Å². The van der Waals surface area contributed by atoms with Gasteiger partial charge in [0.2, 0.25) is 5.91 Å². The lowest BCUT2D eigenvalue weighted by Gasteiger charge is -2.47. The monoisotopic (exact) mass is 601 g/mol. The number of carbonyl (C=O) groups is 1. The molecular weight excluding hydrogens is 565 g/mol. The van der Waals surface area contributed by atoms with Gasteiger partial charge in [0.05, 0.1) is 22.6 Å². The van der Waals surface area contributed by atoms with E-state index in [0.29, 0.717) is 41.5 Å². The SMILES string of the molecule is C=CC(=O)N1CCC2[C@H]1CN2c1nc(OCC23CCCN2CCC3)nc2c(F)c(-c3cccc4c3CCCC4)c(Cl)cc12. The van der Waals surface area contributed by atoms with Crippen LogP contribution in [-0.4, -0.2) is 76.1 Å². The number of hydrogen-bond acceptors (Lipinski definition) is 6. The van der Waals surface area contributed by atoms with E-state index in [9.17, 15) is 4.79 Å². The van der Waals surface area contributed by atoms with Crippen LogP contribution in [0.15, 0.2) is 36.9 Å². The summed E-state index contributed by atoms with van der Waals surface area (Å²) in [5.74, 6) is 0.151. The number of aryl methyl sites for hydroxylation is 1. The van der Waals surface area contributed by atoms with Gasteiger partial charge in [0.15, 0.2) is 5.82 Å². The first kappa shape index (κ1) is 27.3. The molecule has 5 aliphatic rings. The second kappa shape index (κ2) is 10.4. The number of anilines is 1. The van der Waals surface area contributed by atoms with Gasteiger partial charge in [-0.25, -0.2) is 4.39 Å². The zero-order valence-electron chi connectivity index (χ0n) is 24.5. The minimum atomic E-state index is -0.427. The van der Waals surface area contributed by atoms with Crippen LogP contribution < -0.4 is 9.64 Å². The topological polar surface area (TPSA) is 61.8 Å². The molecule has 2 aromatic carbocycles. The predicted molar refractivity (Wildman–Crippen MR) is 166 cm³/mol. The van der Waals surface area contributed by atoms with Gasteiger partial charge >= 0.3 is 6.01 Å². The Morgan fingerprint density at radius 1 is 1.12 bits per heavy atom. The number of carbonyl (C=O) groups excluding carboxylic acids is 1. The van der Waals surface area contributed by atoms with Crippen LogP contribution in [0.25, 0.3) is 22.0 Å². The molecule has 5 heterocycles. The van der Waals surface area contributed by atoms with Crippen LogP contribution >= 0.6 is 11.6 Å². The predicted octanol–water partition coefficient (Wildman–Crippen LogP) is 5.95. The molecule has 1 aromatic heterocycles. The summed E-state index contributed by atoms with van der Waals surface area (Å²) in [6, 6.07) is 8.35. The second-order valence-corrected chi connectivity index (χ2v) is 13.3. The molecule has 0 spiro atoms. The Kier molecular flexibility index (Phi) is 6.64. The zero-order valence-corrected chi connectivity index (χ0v) is 25.2. The molecule has 224 valence electrons. The fraction of sp³-hybridized carbons (Fsp3) is 0.500. The Balaban J connectivity index is 1.23. The Labute approximate surface area is 256 Å². The number of benzene rings is 2. The quantitative estimate of drug-likeness (QED) is 0.325. The molecule has 1 unspecified atom stereocenters. The third kappa shape index (κ3) is 4.27. The van der Waals surface area contributed by atoms with Gasteiger partial charge in [-0.15, -0.1) is 0 Å². The van der Waals surface area contributed by atoms with E-state index in [1.165, 1.54) is 30.0 Å². The number of hydrogen-bond donors (Lipinski definition) is 0. The molecule has 0 saturated carbocycles. The minimum absolute atomic E-state index is 0.0180. The summed E-state index contributed by atoms with van der Waals surface area (Å²) >= 11 is 6.95. The number of likely N-dealkylation sites (tertiary alicyclic amines) is 1. The van der Waals surface area contributed by atoms with E-state index >= 15 is 4.39 Å². The normalized spacial score (nSPS) is 24.0. The summed E-state index contributed by atoms with van der Waals surface area (Å²) in [4.78, 5) is 28.7. The van der Waals surface area contributed by atoms with Crippen LogP contribution in [0, 0.1) is 5.82 Å². The standard InChI is InChI=1S/C34H37ClFN5O2/c1-2-28(42)40-17-12-26-27(40)19-41(26)32-24-18-25(35)29(23-11-5-9-21-8-3-4-10-22(21)23)30(36)31(24)37-33(38-32)43-20-34-13-6-15-39(34)16-7-14-34/h2,5,9,11,18,26-27H,1,3-4,6-8,10,12-17,19-20H2/t26?,27-/m1/s1. The van der Waals surface area contributed by atoms with E-state index in [2.05, 4.69) is 22.4 Å². The van der Waals surface area contributed by atoms with Gasteiger partial charge in [0.1, 0.15) is 17.9 Å². The summed E-state index contributed by atoms with van der Waals surface area (Å²) in [6.07, 6.45) is 10.9. The second-order valence-electron chi connectivity index (χ2n) is 12.9. The molecule has 43 heavy (non-hydrogen) atoms. The van der Waals surface area contributed by atoms with Crippen LogP contribution in [0.4, 0.5) is 10.2 Å². The molecular formula is C34H37ClFN5O2. The maximum atomic E-state index is 16.8. The highest BCUT2D eigenvalue weighted by Gasteiger charge is 2.50. The smallest absolute Gasteiger partial charge is 0.319 e. The highest BCUT2D eigenvalue weighted by atomic mass is 35.5. The lowest BCUT2D eigenvalue weighted by molar-refractivity contribution is -0.127. The molecule has 1 aliphatic carbocycles. The van der Waals surface area contributed by atoms with E-state index in [1.54, 1.807) is 0 Å². The van der Waals surface area contributed by atoms with Crippen molar-refractivity contribution in [1.82, 2.24) is 19.8 Å². The summed E-state index contributed by atoms with van der Waals surface area (Å²) in [7, 11) is 0. The van der Waals surface area contributed by atoms with Crippen molar-refractivity contribution in [3.63, 3.8) is 0 Å². The van der Waals surface area contributed by atoms with Gasteiger partial charge < -0.3 is 14.5 Å². The molecule has 4 fully saturated rings. The first-order valence-corrected chi connectivity index (χ1v) is 16.2. The van der Waals surface area contributed by atoms with E-state index in [1.807, 2.05) is 23.1 Å². The number of aromatic nitrogens is 2. The van der Waals surface area contributed by atoms with Crippen molar-refractivity contribution in [2.24, 2.45) is 0 Å². The Bertz CT molecular complexity index is 1630. The first-order valence-electron chi connectivity index (χ1n) is 15.9. The molecule has 4 saturated heterocycles. The summed E-state index contributed by atoms with van der Waals surface area (Å²) in [5.41, 5.74) is 3.98. The van der Waals surface area contributed by atoms with Crippen molar-refractivity contribution in [3.05, 3.63) is 58.9 Å². The molecule has 0 bridgehead atoms. The van der Waals surface area contributed by atoms with Crippen molar-refractivity contribution >= 4 is 34.2 Å². The van der Waals surface area contributed by atoms with E-state index < -0.39 is 5.82 Å². The molecule has 8 rings (SSSR count). The molecule has 0 N–H and O–H groups in total. The van der Waals surface area contributed by atoms with Crippen LogP contribution in [0.5, 0.6) is 6.01 Å². The first-order chi connectivity index (χ1) is 21.0. The fourth-order valence-electron chi connectivity index (χ4n) is 8.62. The summed E-state index contributed by atoms with van der Waals surface area (Å²) < 4.78 is 23.3. The lowest BCUT2D eigenvalue weighted by atomic mass is 9.85. The third-order valence-corrected chi connectivity index (χ3v) is 11.1. The molecule has 3 aromatic rings. The maximum absolute atomic E-state index is 16.8. The van der Waals surface area contributed by atoms with Crippen LogP contribution in [0.1, 0.15) is 56.1 Å². The van der Waals surface area contributed by atoms with E-state index in [0.717, 1.165) is 63.6 Å². The summed E-state index contributed by atoms with van der Waals surface area (Å²) in [5, 5.41) is 0.942. The number of nitrogens with zero attached hydrogens (tertiary/aromatic N) is 5. The van der Waals surface area contributed by atoms with Crippen molar-refractivity contribution < 1.29 is 13.9 Å². The third-order valence-electron chi connectivity index (χ3n) is 10.8. The molecule has 4 aliphatic heterocycles. The Morgan fingerprint density at radius 3 is 2.74 bits per heavy atom. The average Bonchev–Trinajstić information content (AvgIpc) is 3.69. The van der Waals surface area contributed by atoms with Gasteiger partial charge in [-0.05, 0) is 99.7 Å². The van der Waals surface area contributed by atoms with Crippen LogP contribution in [-0.2, 0) is 17.6 Å². The molecule has 1 amide bonds. The van der Waals surface area contributed by atoms with Crippen molar-refractivity contribution in [2.75, 3.05) is 37.7 Å². The van der Waals surface area contributed by atoms with Crippen LogP contribution in [0.3, 0.4) is 0 Å². The molecule has 9 heteroatoms. The van der Waals surface area contributed by atoms with Gasteiger partial charge in [0, 0.05) is 24.0 Å². The highest BCUT2D eigenvalue weighted by molar-refractivity contribution is 6.34. The fourth-order valence-corrected chi connectivity index (χ4v) is 8.91. The van der Waals surface area contributed by atoms with Crippen molar-refractivity contribution in [3.8, 4) is 17.1 Å². The average molecular weight is 602 g/mol. The maximum Gasteiger partial charge on any atom is 0.319 e. The highest BCUT2D eigenvalue weighted by Crippen LogP contribution is 2.45. The van der Waals surface area contributed by atoms with Crippen molar-refractivity contribution in [2.45, 2.75) is 75.4 Å². The number of fused-ring (bicyclic) bond motifs is 4. The Hall–Kier alpha value is -3.23. The zero-order chi connectivity index (χ0) is 29.3. The summed E-state index contributed by atoms with van der Waals surface area (Å²) in [6.45, 7) is 7.65. The lowest BCUT2D eigenvalue weighted by Crippen LogP contribution is -2.63. The number of halogens is 2. The molecule has 2 atom stereocenters. The van der Waals surface area contributed by atoms with Gasteiger partial charge in [-0.3, -0.25) is 9.69 Å². The van der Waals surface area contributed by atoms with E-state index in [4.69, 9.17) is 26.3 Å². The van der Waals surface area contributed by atoms with Gasteiger partial charge in [-0.1, -0.05) is 36.4 Å². The van der Waals surface area contributed by atoms with Gasteiger partial charge in [0.25, 0.3) is 0 Å². The number of amides is 1. The molecule has 7 nitrogen and oxygen atoms in total. The number of ether oxygens (including phenoxy) is 1. The van der Waals surface area contributed by atoms with Crippen molar-refractivity contribution in [1.29, 1.82) is 0 Å². The molecule has 0 radical (unpaired) electrons. The Morgan fingerprint density at radius 2 is 1.93 bits per heavy atom. The number of rotatable bonds is 6. The van der Waals surface area contributed by atoms with Gasteiger partial charge in [-0.2, -0.15) is 9.97 Å². The minimum Gasteiger partial charge on any atom is -0.461 e.